The van der Waals surface area contributed by atoms with Crippen molar-refractivity contribution in [2.75, 3.05) is 0 Å². The first-order valence-electron chi connectivity index (χ1n) is 9.90. The highest BCUT2D eigenvalue weighted by Gasteiger charge is 2.14. The van der Waals surface area contributed by atoms with E-state index >= 15 is 0 Å². The lowest BCUT2D eigenvalue weighted by molar-refractivity contribution is 0.590. The molecule has 0 aliphatic heterocycles. The van der Waals surface area contributed by atoms with Gasteiger partial charge >= 0.3 is 0 Å². The fourth-order valence-corrected chi connectivity index (χ4v) is 4.44. The maximum absolute atomic E-state index is 5.02. The van der Waals surface area contributed by atoms with Crippen LogP contribution in [-0.2, 0) is 12.0 Å². The Kier molecular flexibility index (Phi) is 5.25. The highest BCUT2D eigenvalue weighted by molar-refractivity contribution is 7.07. The molecule has 0 radical (unpaired) electrons. The van der Waals surface area contributed by atoms with Gasteiger partial charge in [-0.25, -0.2) is 4.99 Å². The molecular weight excluding hydrogens is 372 g/mol. The summed E-state index contributed by atoms with van der Waals surface area (Å²) in [7, 11) is 0. The van der Waals surface area contributed by atoms with Gasteiger partial charge in [0.1, 0.15) is 0 Å². The molecule has 0 fully saturated rings. The first-order valence-corrected chi connectivity index (χ1v) is 10.8. The lowest BCUT2D eigenvalue weighted by atomic mass is 9.86. The maximum atomic E-state index is 5.02. The third-order valence-corrected chi connectivity index (χ3v) is 6.00. The molecule has 0 saturated carbocycles. The van der Waals surface area contributed by atoms with Crippen molar-refractivity contribution in [3.05, 3.63) is 95.1 Å². The second-order valence-corrected chi connectivity index (χ2v) is 9.08. The number of hydrogen-bond donors (Lipinski definition) is 0. The average Bonchev–Trinajstić information content (AvgIpc) is 3.10. The number of nitrogens with zero attached hydrogens (tertiary/aromatic N) is 2. The van der Waals surface area contributed by atoms with E-state index in [1.807, 2.05) is 6.08 Å². The molecular formula is C26H26N2S. The Bertz CT molecular complexity index is 1210. The highest BCUT2D eigenvalue weighted by atomic mass is 32.1. The predicted octanol–water partition coefficient (Wildman–Crippen LogP) is 7.09. The van der Waals surface area contributed by atoms with Crippen molar-refractivity contribution in [1.82, 2.24) is 4.57 Å². The summed E-state index contributed by atoms with van der Waals surface area (Å²) in [6.07, 6.45) is 1.93. The van der Waals surface area contributed by atoms with Crippen molar-refractivity contribution in [2.45, 2.75) is 32.7 Å². The van der Waals surface area contributed by atoms with Gasteiger partial charge in [0.2, 0.25) is 0 Å². The van der Waals surface area contributed by atoms with E-state index in [9.17, 15) is 0 Å². The molecule has 0 unspecified atom stereocenters. The summed E-state index contributed by atoms with van der Waals surface area (Å²) in [6, 6.07) is 23.5. The molecule has 0 spiro atoms. The molecule has 0 aliphatic rings. The third kappa shape index (κ3) is 3.96. The number of rotatable bonds is 4. The SMILES string of the molecule is C=CCn1c(-c2ccc(C(C)(C)C)cc2)csc1=Nc1cccc2ccccc12. The number of hydrogen-bond acceptors (Lipinski definition) is 2. The zero-order valence-corrected chi connectivity index (χ0v) is 18.0. The van der Waals surface area contributed by atoms with E-state index in [1.165, 1.54) is 27.6 Å². The van der Waals surface area contributed by atoms with Crippen molar-refractivity contribution >= 4 is 27.8 Å². The Hall–Kier alpha value is -2.91. The van der Waals surface area contributed by atoms with Crippen LogP contribution in [0.15, 0.2) is 89.8 Å². The fourth-order valence-electron chi connectivity index (χ4n) is 3.50. The number of aromatic nitrogens is 1. The first-order chi connectivity index (χ1) is 14.0. The van der Waals surface area contributed by atoms with Crippen LogP contribution in [-0.4, -0.2) is 4.57 Å². The van der Waals surface area contributed by atoms with Crippen LogP contribution in [0.5, 0.6) is 0 Å². The van der Waals surface area contributed by atoms with Crippen molar-refractivity contribution in [3.8, 4) is 11.3 Å². The zero-order chi connectivity index (χ0) is 20.4. The normalized spacial score (nSPS) is 12.4. The molecule has 1 heterocycles. The molecule has 0 bridgehead atoms. The lowest BCUT2D eigenvalue weighted by Crippen LogP contribution is -2.15. The summed E-state index contributed by atoms with van der Waals surface area (Å²) in [4.78, 5) is 6.01. The van der Waals surface area contributed by atoms with Gasteiger partial charge in [-0.2, -0.15) is 0 Å². The van der Waals surface area contributed by atoms with E-state index in [0.717, 1.165) is 17.0 Å². The molecule has 3 heteroatoms. The molecule has 0 N–H and O–H groups in total. The second kappa shape index (κ2) is 7.84. The van der Waals surface area contributed by atoms with E-state index in [4.69, 9.17) is 4.99 Å². The summed E-state index contributed by atoms with van der Waals surface area (Å²) in [5.41, 5.74) is 4.87. The van der Waals surface area contributed by atoms with Gasteiger partial charge < -0.3 is 4.57 Å². The van der Waals surface area contributed by atoms with E-state index in [2.05, 4.69) is 104 Å². The van der Waals surface area contributed by atoms with Gasteiger partial charge in [0.05, 0.1) is 11.4 Å². The van der Waals surface area contributed by atoms with E-state index in [1.54, 1.807) is 11.3 Å². The van der Waals surface area contributed by atoms with Gasteiger partial charge in [-0.1, -0.05) is 87.5 Å². The van der Waals surface area contributed by atoms with Gasteiger partial charge in [-0.15, -0.1) is 17.9 Å². The Morgan fingerprint density at radius 1 is 0.966 bits per heavy atom. The third-order valence-electron chi connectivity index (χ3n) is 5.14. The highest BCUT2D eigenvalue weighted by Crippen LogP contribution is 2.28. The number of thiazole rings is 1. The summed E-state index contributed by atoms with van der Waals surface area (Å²) < 4.78 is 2.24. The van der Waals surface area contributed by atoms with Crippen molar-refractivity contribution in [1.29, 1.82) is 0 Å². The van der Waals surface area contributed by atoms with Gasteiger partial charge in [-0.3, -0.25) is 0 Å². The Balaban J connectivity index is 1.83. The van der Waals surface area contributed by atoms with Gasteiger partial charge in [-0.05, 0) is 28.0 Å². The summed E-state index contributed by atoms with van der Waals surface area (Å²) >= 11 is 1.67. The largest absolute Gasteiger partial charge is 0.313 e. The minimum absolute atomic E-state index is 0.152. The van der Waals surface area contributed by atoms with Crippen molar-refractivity contribution < 1.29 is 0 Å². The second-order valence-electron chi connectivity index (χ2n) is 8.24. The van der Waals surface area contributed by atoms with Crippen LogP contribution in [0.3, 0.4) is 0 Å². The van der Waals surface area contributed by atoms with Crippen LogP contribution < -0.4 is 4.80 Å². The topological polar surface area (TPSA) is 17.3 Å². The number of allylic oxidation sites excluding steroid dienone is 1. The number of fused-ring (bicyclic) bond motifs is 1. The number of benzene rings is 3. The first kappa shape index (κ1) is 19.4. The molecule has 3 aromatic carbocycles. The van der Waals surface area contributed by atoms with Crippen LogP contribution in [0.4, 0.5) is 5.69 Å². The Morgan fingerprint density at radius 2 is 1.69 bits per heavy atom. The molecule has 146 valence electrons. The van der Waals surface area contributed by atoms with Crippen LogP contribution in [0.1, 0.15) is 26.3 Å². The van der Waals surface area contributed by atoms with Crippen LogP contribution >= 0.6 is 11.3 Å². The van der Waals surface area contributed by atoms with E-state index < -0.39 is 0 Å². The lowest BCUT2D eigenvalue weighted by Gasteiger charge is -2.19. The summed E-state index contributed by atoms with van der Waals surface area (Å²) in [5, 5.41) is 4.57. The maximum Gasteiger partial charge on any atom is 0.190 e. The van der Waals surface area contributed by atoms with E-state index in [0.29, 0.717) is 0 Å². The summed E-state index contributed by atoms with van der Waals surface area (Å²) in [5.74, 6) is 0. The van der Waals surface area contributed by atoms with Crippen LogP contribution in [0.25, 0.3) is 22.0 Å². The monoisotopic (exact) mass is 398 g/mol. The predicted molar refractivity (Wildman–Crippen MR) is 126 cm³/mol. The van der Waals surface area contributed by atoms with Gasteiger partial charge in [0.15, 0.2) is 4.80 Å². The zero-order valence-electron chi connectivity index (χ0n) is 17.2. The fraction of sp³-hybridized carbons (Fsp3) is 0.192. The van der Waals surface area contributed by atoms with Gasteiger partial charge in [0, 0.05) is 17.3 Å². The molecule has 4 rings (SSSR count). The van der Waals surface area contributed by atoms with E-state index in [-0.39, 0.29) is 5.41 Å². The van der Waals surface area contributed by atoms with Gasteiger partial charge in [0.25, 0.3) is 0 Å². The van der Waals surface area contributed by atoms with Crippen molar-refractivity contribution in [2.24, 2.45) is 4.99 Å². The minimum atomic E-state index is 0.152. The minimum Gasteiger partial charge on any atom is -0.313 e. The molecule has 1 aromatic heterocycles. The Morgan fingerprint density at radius 3 is 2.41 bits per heavy atom. The molecule has 2 nitrogen and oxygen atoms in total. The summed E-state index contributed by atoms with van der Waals surface area (Å²) in [6.45, 7) is 11.4. The Labute approximate surface area is 176 Å². The smallest absolute Gasteiger partial charge is 0.190 e. The quantitative estimate of drug-likeness (QED) is 0.327. The van der Waals surface area contributed by atoms with Crippen molar-refractivity contribution in [3.63, 3.8) is 0 Å². The molecule has 0 atom stereocenters. The standard InChI is InChI=1S/C26H26N2S/c1-5-17-28-24(20-13-15-21(16-14-20)26(2,3)4)18-29-25(28)27-23-12-8-10-19-9-6-7-11-22(19)23/h5-16,18H,1,17H2,2-4H3. The molecule has 0 amide bonds. The average molecular weight is 399 g/mol. The molecule has 29 heavy (non-hydrogen) atoms. The molecule has 0 aliphatic carbocycles. The van der Waals surface area contributed by atoms with Crippen LogP contribution in [0, 0.1) is 0 Å². The molecule has 4 aromatic rings. The van der Waals surface area contributed by atoms with Crippen LogP contribution in [0.2, 0.25) is 0 Å². The molecule has 0 saturated heterocycles.